The second-order valence-electron chi connectivity index (χ2n) is 6.40. The minimum absolute atomic E-state index is 1.05. The Kier molecular flexibility index (Phi) is 7.22. The normalized spacial score (nSPS) is 12.8. The van der Waals surface area contributed by atoms with Crippen LogP contribution >= 0.6 is 11.8 Å². The highest BCUT2D eigenvalue weighted by molar-refractivity contribution is 7.99. The summed E-state index contributed by atoms with van der Waals surface area (Å²) in [5, 5.41) is 7.03. The molecule has 0 unspecified atom stereocenters. The first-order chi connectivity index (χ1) is 12.4. The van der Waals surface area contributed by atoms with Crippen LogP contribution in [0.5, 0.6) is 0 Å². The first-order valence-corrected chi connectivity index (χ1v) is 10.3. The average molecular weight is 356 g/mol. The number of benzene rings is 2. The largest absolute Gasteiger partial charge is 0.340 e. The van der Waals surface area contributed by atoms with Crippen molar-refractivity contribution >= 4 is 23.1 Å². The van der Waals surface area contributed by atoms with Gasteiger partial charge in [-0.25, -0.2) is 0 Å². The van der Waals surface area contributed by atoms with Gasteiger partial charge < -0.3 is 15.5 Å². The molecule has 4 heteroatoms. The van der Waals surface area contributed by atoms with E-state index in [1.165, 1.54) is 34.0 Å². The fourth-order valence-corrected chi connectivity index (χ4v) is 4.21. The average Bonchev–Trinajstić information content (AvgIpc) is 2.66. The van der Waals surface area contributed by atoms with Gasteiger partial charge in [0.15, 0.2) is 0 Å². The molecular weight excluding hydrogens is 326 g/mol. The van der Waals surface area contributed by atoms with Crippen molar-refractivity contribution in [3.05, 3.63) is 48.5 Å². The quantitative estimate of drug-likeness (QED) is 0.606. The van der Waals surface area contributed by atoms with E-state index in [1.54, 1.807) is 0 Å². The number of para-hydroxylation sites is 2. The minimum Gasteiger partial charge on any atom is -0.340 e. The van der Waals surface area contributed by atoms with E-state index in [0.29, 0.717) is 0 Å². The number of hydrogen-bond donors (Lipinski definition) is 2. The molecule has 0 saturated carbocycles. The molecule has 0 fully saturated rings. The molecule has 3 rings (SSSR count). The number of unbranched alkanes of at least 4 members (excludes halogenated alkanes) is 1. The summed E-state index contributed by atoms with van der Waals surface area (Å²) in [5.41, 5.74) is 2.68. The third-order valence-electron chi connectivity index (χ3n) is 4.45. The summed E-state index contributed by atoms with van der Waals surface area (Å²) in [5.74, 6) is 0. The predicted octanol–water partition coefficient (Wildman–Crippen LogP) is 4.66. The Morgan fingerprint density at radius 1 is 0.760 bits per heavy atom. The van der Waals surface area contributed by atoms with Gasteiger partial charge >= 0.3 is 0 Å². The lowest BCUT2D eigenvalue weighted by molar-refractivity contribution is 0.583. The number of rotatable bonds is 10. The van der Waals surface area contributed by atoms with Crippen molar-refractivity contribution in [3.63, 3.8) is 0 Å². The summed E-state index contributed by atoms with van der Waals surface area (Å²) < 4.78 is 0. The van der Waals surface area contributed by atoms with Gasteiger partial charge in [0, 0.05) is 29.4 Å². The van der Waals surface area contributed by atoms with Gasteiger partial charge in [-0.3, -0.25) is 0 Å². The van der Waals surface area contributed by atoms with Crippen LogP contribution in [0.2, 0.25) is 0 Å². The Hall–Kier alpha value is -1.49. The molecule has 0 radical (unpaired) electrons. The molecule has 0 spiro atoms. The molecule has 2 aromatic carbocycles. The number of nitrogens with zero attached hydrogens (tertiary/aromatic N) is 1. The zero-order chi connectivity index (χ0) is 17.3. The third kappa shape index (κ3) is 5.00. The lowest BCUT2D eigenvalue weighted by atomic mass is 10.2. The van der Waals surface area contributed by atoms with Crippen molar-refractivity contribution in [1.82, 2.24) is 10.6 Å². The molecule has 0 aliphatic carbocycles. The molecule has 1 heterocycles. The summed E-state index contributed by atoms with van der Waals surface area (Å²) in [6, 6.07) is 17.5. The molecule has 2 N–H and O–H groups in total. The second-order valence-corrected chi connectivity index (χ2v) is 7.48. The number of nitrogens with one attached hydrogen (secondary N) is 2. The molecule has 0 atom stereocenters. The Labute approximate surface area is 156 Å². The molecule has 1 aliphatic heterocycles. The maximum atomic E-state index is 3.56. The van der Waals surface area contributed by atoms with Crippen LogP contribution in [-0.4, -0.2) is 32.7 Å². The van der Waals surface area contributed by atoms with Crippen molar-refractivity contribution in [1.29, 1.82) is 0 Å². The van der Waals surface area contributed by atoms with Crippen LogP contribution in [0.15, 0.2) is 58.3 Å². The van der Waals surface area contributed by atoms with Gasteiger partial charge in [-0.05, 0) is 50.2 Å². The monoisotopic (exact) mass is 355 g/mol. The Morgan fingerprint density at radius 2 is 1.32 bits per heavy atom. The predicted molar refractivity (Wildman–Crippen MR) is 109 cm³/mol. The van der Waals surface area contributed by atoms with Crippen molar-refractivity contribution in [2.75, 3.05) is 37.6 Å². The van der Waals surface area contributed by atoms with E-state index < -0.39 is 0 Å². The molecule has 0 aromatic heterocycles. The maximum Gasteiger partial charge on any atom is 0.0552 e. The number of fused-ring (bicyclic) bond motifs is 2. The Bertz CT molecular complexity index is 614. The third-order valence-corrected chi connectivity index (χ3v) is 5.58. The fourth-order valence-electron chi connectivity index (χ4n) is 3.11. The van der Waals surface area contributed by atoms with Gasteiger partial charge in [-0.15, -0.1) is 0 Å². The van der Waals surface area contributed by atoms with Gasteiger partial charge in [0.1, 0.15) is 0 Å². The van der Waals surface area contributed by atoms with Crippen LogP contribution in [0.4, 0.5) is 11.4 Å². The summed E-state index contributed by atoms with van der Waals surface area (Å²) in [6.07, 6.45) is 3.67. The fraction of sp³-hybridized carbons (Fsp3) is 0.429. The molecule has 0 bridgehead atoms. The molecular formula is C21H29N3S. The maximum absolute atomic E-state index is 3.56. The standard InChI is InChI=1S/C21H29N3S/c1-2-3-13-22-15-16-23-14-8-17-24-18-9-4-6-11-20(18)25-21-12-7-5-10-19(21)24/h4-7,9-12,22-23H,2-3,8,13-17H2,1H3. The van der Waals surface area contributed by atoms with E-state index >= 15 is 0 Å². The lowest BCUT2D eigenvalue weighted by Crippen LogP contribution is -2.30. The van der Waals surface area contributed by atoms with E-state index in [-0.39, 0.29) is 0 Å². The van der Waals surface area contributed by atoms with Crippen molar-refractivity contribution in [2.45, 2.75) is 36.0 Å². The first-order valence-electron chi connectivity index (χ1n) is 9.45. The molecule has 0 saturated heterocycles. The highest BCUT2D eigenvalue weighted by Gasteiger charge is 2.21. The molecule has 0 amide bonds. The summed E-state index contributed by atoms with van der Waals surface area (Å²) in [7, 11) is 0. The summed E-state index contributed by atoms with van der Waals surface area (Å²) in [6.45, 7) is 7.58. The van der Waals surface area contributed by atoms with Crippen LogP contribution < -0.4 is 15.5 Å². The van der Waals surface area contributed by atoms with Gasteiger partial charge in [0.25, 0.3) is 0 Å². The highest BCUT2D eigenvalue weighted by Crippen LogP contribution is 2.47. The lowest BCUT2D eigenvalue weighted by Gasteiger charge is -2.32. The van der Waals surface area contributed by atoms with Crippen molar-refractivity contribution in [3.8, 4) is 0 Å². The van der Waals surface area contributed by atoms with E-state index in [9.17, 15) is 0 Å². The smallest absolute Gasteiger partial charge is 0.0552 e. The van der Waals surface area contributed by atoms with Crippen LogP contribution in [-0.2, 0) is 0 Å². The van der Waals surface area contributed by atoms with E-state index in [1.807, 2.05) is 11.8 Å². The van der Waals surface area contributed by atoms with E-state index in [4.69, 9.17) is 0 Å². The van der Waals surface area contributed by atoms with Crippen molar-refractivity contribution in [2.24, 2.45) is 0 Å². The topological polar surface area (TPSA) is 27.3 Å². The van der Waals surface area contributed by atoms with Gasteiger partial charge in [-0.2, -0.15) is 0 Å². The minimum atomic E-state index is 1.05. The SMILES string of the molecule is CCCCNCCNCCCN1c2ccccc2Sc2ccccc21. The number of hydrogen-bond acceptors (Lipinski definition) is 4. The summed E-state index contributed by atoms with van der Waals surface area (Å²) >= 11 is 1.88. The molecule has 1 aliphatic rings. The molecule has 25 heavy (non-hydrogen) atoms. The van der Waals surface area contributed by atoms with Gasteiger partial charge in [-0.1, -0.05) is 49.4 Å². The van der Waals surface area contributed by atoms with Crippen molar-refractivity contribution < 1.29 is 0 Å². The Balaban J connectivity index is 1.49. The van der Waals surface area contributed by atoms with Gasteiger partial charge in [0.2, 0.25) is 0 Å². The Morgan fingerprint density at radius 3 is 1.92 bits per heavy atom. The van der Waals surface area contributed by atoms with E-state index in [0.717, 1.165) is 39.1 Å². The van der Waals surface area contributed by atoms with Crippen LogP contribution in [0.1, 0.15) is 26.2 Å². The zero-order valence-corrected chi connectivity index (χ0v) is 15.9. The zero-order valence-electron chi connectivity index (χ0n) is 15.1. The van der Waals surface area contributed by atoms with Crippen LogP contribution in [0, 0.1) is 0 Å². The highest BCUT2D eigenvalue weighted by atomic mass is 32.2. The number of anilines is 2. The first kappa shape index (κ1) is 18.3. The molecule has 134 valence electrons. The molecule has 2 aromatic rings. The molecule has 3 nitrogen and oxygen atoms in total. The van der Waals surface area contributed by atoms with E-state index in [2.05, 4.69) is 71.0 Å². The van der Waals surface area contributed by atoms with Crippen LogP contribution in [0.25, 0.3) is 0 Å². The second kappa shape index (κ2) is 9.85. The van der Waals surface area contributed by atoms with Gasteiger partial charge in [0.05, 0.1) is 11.4 Å². The van der Waals surface area contributed by atoms with Crippen LogP contribution in [0.3, 0.4) is 0 Å². The summed E-state index contributed by atoms with van der Waals surface area (Å²) in [4.78, 5) is 5.19.